The number of nitrogens with one attached hydrogen (secondary N) is 1. The van der Waals surface area contributed by atoms with E-state index in [4.69, 9.17) is 0 Å². The summed E-state index contributed by atoms with van der Waals surface area (Å²) >= 11 is 0. The van der Waals surface area contributed by atoms with Crippen LogP contribution < -0.4 is 4.72 Å². The van der Waals surface area contributed by atoms with Crippen LogP contribution in [0.1, 0.15) is 50.7 Å². The van der Waals surface area contributed by atoms with Crippen molar-refractivity contribution in [3.63, 3.8) is 0 Å². The largest absolute Gasteiger partial charge is 0.241 e. The maximum atomic E-state index is 13.4. The predicted molar refractivity (Wildman–Crippen MR) is 82.2 cm³/mol. The molecule has 0 aromatic heterocycles. The van der Waals surface area contributed by atoms with Crippen molar-refractivity contribution < 1.29 is 12.8 Å². The van der Waals surface area contributed by atoms with Crippen LogP contribution in [0.4, 0.5) is 4.39 Å². The average Bonchev–Trinajstić information content (AvgIpc) is 2.29. The molecular formula is C16H24FNO2S. The first-order valence-electron chi connectivity index (χ1n) is 7.42. The Bertz CT molecular complexity index is 615. The van der Waals surface area contributed by atoms with Gasteiger partial charge in [-0.3, -0.25) is 0 Å². The van der Waals surface area contributed by atoms with E-state index in [1.54, 1.807) is 13.8 Å². The number of benzene rings is 1. The second kappa shape index (κ2) is 5.69. The molecule has 1 fully saturated rings. The summed E-state index contributed by atoms with van der Waals surface area (Å²) in [4.78, 5) is 0.213. The standard InChI is InChI=1S/C16H24FNO2S/c1-11-9-13(17)10-12(2)15(11)21(19,20)18-14-7-5-6-8-16(14,3)4/h9-10,14,18H,5-8H2,1-4H3. The van der Waals surface area contributed by atoms with Gasteiger partial charge < -0.3 is 0 Å². The summed E-state index contributed by atoms with van der Waals surface area (Å²) in [6, 6.07) is 2.47. The molecule has 1 aromatic carbocycles. The molecule has 0 amide bonds. The van der Waals surface area contributed by atoms with Gasteiger partial charge in [0.1, 0.15) is 5.82 Å². The van der Waals surface area contributed by atoms with E-state index in [0.717, 1.165) is 25.7 Å². The topological polar surface area (TPSA) is 46.2 Å². The quantitative estimate of drug-likeness (QED) is 0.925. The Morgan fingerprint density at radius 2 is 1.76 bits per heavy atom. The lowest BCUT2D eigenvalue weighted by Crippen LogP contribution is -2.47. The third-order valence-corrected chi connectivity index (χ3v) is 6.27. The third kappa shape index (κ3) is 3.46. The van der Waals surface area contributed by atoms with Crippen LogP contribution in [0.15, 0.2) is 17.0 Å². The predicted octanol–water partition coefficient (Wildman–Crippen LogP) is 3.69. The van der Waals surface area contributed by atoms with Gasteiger partial charge in [-0.05, 0) is 55.4 Å². The van der Waals surface area contributed by atoms with Crippen molar-refractivity contribution in [2.45, 2.75) is 64.3 Å². The lowest BCUT2D eigenvalue weighted by atomic mass is 9.74. The van der Waals surface area contributed by atoms with Crippen LogP contribution in [0, 0.1) is 25.1 Å². The number of hydrogen-bond acceptors (Lipinski definition) is 2. The molecule has 0 spiro atoms. The summed E-state index contributed by atoms with van der Waals surface area (Å²) in [5.74, 6) is -0.401. The fourth-order valence-electron chi connectivity index (χ4n) is 3.28. The Kier molecular flexibility index (Phi) is 4.45. The van der Waals surface area contributed by atoms with Crippen molar-refractivity contribution in [2.24, 2.45) is 5.41 Å². The molecule has 0 bridgehead atoms. The third-order valence-electron chi connectivity index (χ3n) is 4.50. The number of sulfonamides is 1. The number of halogens is 1. The smallest absolute Gasteiger partial charge is 0.208 e. The summed E-state index contributed by atoms with van der Waals surface area (Å²) in [6.07, 6.45) is 4.05. The zero-order valence-corrected chi connectivity index (χ0v) is 14.0. The van der Waals surface area contributed by atoms with Gasteiger partial charge in [-0.1, -0.05) is 26.7 Å². The van der Waals surface area contributed by atoms with Gasteiger partial charge in [0, 0.05) is 6.04 Å². The second-order valence-electron chi connectivity index (χ2n) is 6.78. The molecule has 1 aromatic rings. The van der Waals surface area contributed by atoms with Gasteiger partial charge in [-0.25, -0.2) is 17.5 Å². The second-order valence-corrected chi connectivity index (χ2v) is 8.43. The first-order chi connectivity index (χ1) is 9.63. The lowest BCUT2D eigenvalue weighted by Gasteiger charge is -2.38. The van der Waals surface area contributed by atoms with Gasteiger partial charge in [0.25, 0.3) is 0 Å². The van der Waals surface area contributed by atoms with Crippen molar-refractivity contribution in [3.05, 3.63) is 29.1 Å². The molecule has 5 heteroatoms. The van der Waals surface area contributed by atoms with Gasteiger partial charge in [0.15, 0.2) is 0 Å². The van der Waals surface area contributed by atoms with E-state index >= 15 is 0 Å². The Balaban J connectivity index is 2.35. The Hall–Kier alpha value is -0.940. The van der Waals surface area contributed by atoms with Crippen LogP contribution in [0.2, 0.25) is 0 Å². The molecule has 0 aliphatic heterocycles. The molecule has 0 saturated heterocycles. The SMILES string of the molecule is Cc1cc(F)cc(C)c1S(=O)(=O)NC1CCCCC1(C)C. The van der Waals surface area contributed by atoms with Gasteiger partial charge >= 0.3 is 0 Å². The Morgan fingerprint density at radius 3 is 2.29 bits per heavy atom. The van der Waals surface area contributed by atoms with Crippen molar-refractivity contribution in [1.29, 1.82) is 0 Å². The first-order valence-corrected chi connectivity index (χ1v) is 8.91. The highest BCUT2D eigenvalue weighted by Gasteiger charge is 2.36. The average molecular weight is 313 g/mol. The van der Waals surface area contributed by atoms with Gasteiger partial charge in [0.2, 0.25) is 10.0 Å². The van der Waals surface area contributed by atoms with Crippen molar-refractivity contribution >= 4 is 10.0 Å². The van der Waals surface area contributed by atoms with E-state index in [1.807, 2.05) is 0 Å². The highest BCUT2D eigenvalue weighted by molar-refractivity contribution is 7.89. The molecular weight excluding hydrogens is 289 g/mol. The van der Waals surface area contributed by atoms with Crippen LogP contribution >= 0.6 is 0 Å². The molecule has 1 aliphatic rings. The Labute approximate surface area is 127 Å². The van der Waals surface area contributed by atoms with E-state index in [0.29, 0.717) is 11.1 Å². The van der Waals surface area contributed by atoms with Crippen LogP contribution in [-0.2, 0) is 10.0 Å². The normalized spacial score (nSPS) is 22.2. The minimum Gasteiger partial charge on any atom is -0.208 e. The molecule has 1 unspecified atom stereocenters. The van der Waals surface area contributed by atoms with E-state index in [-0.39, 0.29) is 16.4 Å². The number of rotatable bonds is 3. The minimum absolute atomic E-state index is 0.0485. The zero-order valence-electron chi connectivity index (χ0n) is 13.2. The molecule has 1 N–H and O–H groups in total. The summed E-state index contributed by atoms with van der Waals surface area (Å²) in [5, 5.41) is 0. The summed E-state index contributed by atoms with van der Waals surface area (Å²) in [6.45, 7) is 7.47. The van der Waals surface area contributed by atoms with Crippen LogP contribution in [0.5, 0.6) is 0 Å². The molecule has 21 heavy (non-hydrogen) atoms. The fraction of sp³-hybridized carbons (Fsp3) is 0.625. The van der Waals surface area contributed by atoms with E-state index in [9.17, 15) is 12.8 Å². The van der Waals surface area contributed by atoms with Crippen molar-refractivity contribution in [3.8, 4) is 0 Å². The maximum absolute atomic E-state index is 13.4. The van der Waals surface area contributed by atoms with E-state index in [2.05, 4.69) is 18.6 Å². The highest BCUT2D eigenvalue weighted by atomic mass is 32.2. The van der Waals surface area contributed by atoms with Gasteiger partial charge in [-0.15, -0.1) is 0 Å². The lowest BCUT2D eigenvalue weighted by molar-refractivity contribution is 0.188. The van der Waals surface area contributed by atoms with E-state index < -0.39 is 15.8 Å². The summed E-state index contributed by atoms with van der Waals surface area (Å²) < 4.78 is 41.6. The molecule has 1 saturated carbocycles. The van der Waals surface area contributed by atoms with Crippen LogP contribution in [-0.4, -0.2) is 14.5 Å². The van der Waals surface area contributed by atoms with Gasteiger partial charge in [-0.2, -0.15) is 0 Å². The molecule has 3 nitrogen and oxygen atoms in total. The molecule has 0 radical (unpaired) electrons. The van der Waals surface area contributed by atoms with Crippen molar-refractivity contribution in [2.75, 3.05) is 0 Å². The van der Waals surface area contributed by atoms with Crippen LogP contribution in [0.25, 0.3) is 0 Å². The number of hydrogen-bond donors (Lipinski definition) is 1. The number of aryl methyl sites for hydroxylation is 2. The van der Waals surface area contributed by atoms with Crippen molar-refractivity contribution in [1.82, 2.24) is 4.72 Å². The van der Waals surface area contributed by atoms with Crippen LogP contribution in [0.3, 0.4) is 0 Å². The molecule has 2 rings (SSSR count). The fourth-order valence-corrected chi connectivity index (χ4v) is 5.17. The highest BCUT2D eigenvalue weighted by Crippen LogP contribution is 2.36. The molecule has 0 heterocycles. The minimum atomic E-state index is -3.63. The van der Waals surface area contributed by atoms with Gasteiger partial charge in [0.05, 0.1) is 4.90 Å². The molecule has 1 aliphatic carbocycles. The molecule has 1 atom stereocenters. The summed E-state index contributed by atoms with van der Waals surface area (Å²) in [7, 11) is -3.63. The first kappa shape index (κ1) is 16.4. The zero-order chi connectivity index (χ0) is 15.8. The van der Waals surface area contributed by atoms with E-state index in [1.165, 1.54) is 12.1 Å². The monoisotopic (exact) mass is 313 g/mol. The maximum Gasteiger partial charge on any atom is 0.241 e. The Morgan fingerprint density at radius 1 is 1.19 bits per heavy atom. The molecule has 118 valence electrons. The summed E-state index contributed by atoms with van der Waals surface area (Å²) in [5.41, 5.74) is 0.856.